The lowest BCUT2D eigenvalue weighted by molar-refractivity contribution is 0.0681. The van der Waals surface area contributed by atoms with Gasteiger partial charge in [-0.05, 0) is 37.3 Å². The molecule has 1 atom stereocenters. The van der Waals surface area contributed by atoms with E-state index in [0.717, 1.165) is 42.0 Å². The van der Waals surface area contributed by atoms with E-state index < -0.39 is 17.5 Å². The summed E-state index contributed by atoms with van der Waals surface area (Å²) in [7, 11) is 1.53. The molecule has 1 N–H and O–H groups in total. The van der Waals surface area contributed by atoms with Crippen molar-refractivity contribution in [2.45, 2.75) is 58.3 Å². The molecule has 186 valence electrons. The third-order valence-corrected chi connectivity index (χ3v) is 6.55. The van der Waals surface area contributed by atoms with Crippen LogP contribution in [0.15, 0.2) is 47.3 Å². The number of ether oxygens (including phenoxy) is 2. The van der Waals surface area contributed by atoms with E-state index in [-0.39, 0.29) is 29.7 Å². The van der Waals surface area contributed by atoms with Gasteiger partial charge in [-0.2, -0.15) is 4.68 Å². The van der Waals surface area contributed by atoms with Gasteiger partial charge in [-0.25, -0.2) is 14.0 Å². The fraction of sp³-hybridized carbons (Fsp3) is 0.423. The van der Waals surface area contributed by atoms with Gasteiger partial charge in [0.05, 0.1) is 12.7 Å². The Morgan fingerprint density at radius 1 is 1.17 bits per heavy atom. The molecule has 3 aromatic rings. The molecule has 2 aromatic carbocycles. The van der Waals surface area contributed by atoms with Gasteiger partial charge in [-0.3, -0.25) is 4.57 Å². The molecule has 0 aliphatic heterocycles. The van der Waals surface area contributed by atoms with Crippen LogP contribution in [-0.2, 0) is 25.0 Å². The first-order valence-corrected chi connectivity index (χ1v) is 11.9. The summed E-state index contributed by atoms with van der Waals surface area (Å²) in [6.45, 7) is 2.28. The molecule has 1 aliphatic rings. The van der Waals surface area contributed by atoms with Gasteiger partial charge in [0, 0.05) is 13.1 Å². The first-order valence-electron chi connectivity index (χ1n) is 11.9. The Balaban J connectivity index is 1.60. The van der Waals surface area contributed by atoms with Gasteiger partial charge in [-0.1, -0.05) is 49.6 Å². The maximum atomic E-state index is 15.0. The monoisotopic (exact) mass is 483 g/mol. The molecule has 0 spiro atoms. The van der Waals surface area contributed by atoms with Crippen molar-refractivity contribution in [1.82, 2.24) is 14.3 Å². The molecular weight excluding hydrogens is 453 g/mol. The highest BCUT2D eigenvalue weighted by molar-refractivity contribution is 5.91. The second-order valence-electron chi connectivity index (χ2n) is 8.97. The Hall–Kier alpha value is -3.46. The Morgan fingerprint density at radius 2 is 1.89 bits per heavy atom. The minimum absolute atomic E-state index is 0.0198. The molecule has 35 heavy (non-hydrogen) atoms. The third-order valence-electron chi connectivity index (χ3n) is 6.55. The first kappa shape index (κ1) is 24.7. The number of hydrogen-bond acceptors (Lipinski definition) is 5. The molecule has 1 saturated carbocycles. The smallest absolute Gasteiger partial charge is 0.350 e. The molecule has 0 bridgehead atoms. The van der Waals surface area contributed by atoms with E-state index in [2.05, 4.69) is 5.10 Å². The number of rotatable bonds is 9. The zero-order chi connectivity index (χ0) is 24.9. The number of carboxylic acid groups (broad SMARTS) is 1. The molecule has 0 amide bonds. The van der Waals surface area contributed by atoms with Gasteiger partial charge in [-0.15, -0.1) is 5.10 Å². The summed E-state index contributed by atoms with van der Waals surface area (Å²) in [6, 6.07) is 11.7. The lowest BCUT2D eigenvalue weighted by atomic mass is 9.86. The van der Waals surface area contributed by atoms with Gasteiger partial charge in [0.1, 0.15) is 29.4 Å². The zero-order valence-corrected chi connectivity index (χ0v) is 19.9. The maximum absolute atomic E-state index is 15.0. The summed E-state index contributed by atoms with van der Waals surface area (Å²) >= 11 is 0. The number of halogens is 1. The van der Waals surface area contributed by atoms with Crippen molar-refractivity contribution in [2.24, 2.45) is 13.0 Å². The van der Waals surface area contributed by atoms with Crippen molar-refractivity contribution >= 4 is 5.97 Å². The Kier molecular flexibility index (Phi) is 7.65. The summed E-state index contributed by atoms with van der Waals surface area (Å²) < 4.78 is 28.9. The SMILES string of the molecule is CC(Oc1cc(-n2nc(COCc3ccccc3)n(C)c2=O)c(F)cc1C(=O)O)C1CCCCC1. The average molecular weight is 484 g/mol. The number of carboxylic acids is 1. The van der Waals surface area contributed by atoms with Crippen LogP contribution in [0.25, 0.3) is 5.69 Å². The van der Waals surface area contributed by atoms with Crippen LogP contribution < -0.4 is 10.4 Å². The Morgan fingerprint density at radius 3 is 2.57 bits per heavy atom. The zero-order valence-electron chi connectivity index (χ0n) is 19.9. The standard InChI is InChI=1S/C26H30FN3O5/c1-17(19-11-7-4-8-12-19)35-23-14-22(21(27)13-20(23)25(31)32)30-26(33)29(2)24(28-30)16-34-15-18-9-5-3-6-10-18/h3,5-6,9-10,13-14,17,19H,4,7-8,11-12,15-16H2,1-2H3,(H,31,32). The summed E-state index contributed by atoms with van der Waals surface area (Å²) in [6.07, 6.45) is 5.17. The van der Waals surface area contributed by atoms with Gasteiger partial charge >= 0.3 is 11.7 Å². The van der Waals surface area contributed by atoms with Gasteiger partial charge in [0.2, 0.25) is 0 Å². The molecule has 0 radical (unpaired) electrons. The van der Waals surface area contributed by atoms with Crippen molar-refractivity contribution in [2.75, 3.05) is 0 Å². The van der Waals surface area contributed by atoms with Gasteiger partial charge in [0.25, 0.3) is 0 Å². The number of aromatic nitrogens is 3. The van der Waals surface area contributed by atoms with Gasteiger partial charge in [0.15, 0.2) is 5.82 Å². The van der Waals surface area contributed by atoms with Crippen molar-refractivity contribution in [3.63, 3.8) is 0 Å². The largest absolute Gasteiger partial charge is 0.489 e. The van der Waals surface area contributed by atoms with E-state index >= 15 is 4.39 Å². The normalized spacial score (nSPS) is 15.2. The minimum atomic E-state index is -1.30. The van der Waals surface area contributed by atoms with Crippen LogP contribution in [0.1, 0.15) is 60.8 Å². The molecule has 4 rings (SSSR count). The molecular formula is C26H30FN3O5. The van der Waals surface area contributed by atoms with Crippen molar-refractivity contribution in [3.8, 4) is 11.4 Å². The molecule has 1 aliphatic carbocycles. The van der Waals surface area contributed by atoms with Crippen LogP contribution in [0.5, 0.6) is 5.75 Å². The van der Waals surface area contributed by atoms with Crippen LogP contribution in [0.2, 0.25) is 0 Å². The highest BCUT2D eigenvalue weighted by Crippen LogP contribution is 2.32. The maximum Gasteiger partial charge on any atom is 0.350 e. The van der Waals surface area contributed by atoms with E-state index in [1.165, 1.54) is 24.1 Å². The molecule has 8 nitrogen and oxygen atoms in total. The fourth-order valence-electron chi connectivity index (χ4n) is 4.46. The lowest BCUT2D eigenvalue weighted by Gasteiger charge is -2.28. The van der Waals surface area contributed by atoms with E-state index in [1.807, 2.05) is 37.3 Å². The summed E-state index contributed by atoms with van der Waals surface area (Å²) in [5.41, 5.74) is -0.0576. The number of benzene rings is 2. The second-order valence-corrected chi connectivity index (χ2v) is 8.97. The Bertz CT molecular complexity index is 1230. The van der Waals surface area contributed by atoms with Gasteiger partial charge < -0.3 is 14.6 Å². The van der Waals surface area contributed by atoms with Crippen LogP contribution in [0.4, 0.5) is 4.39 Å². The number of carbonyl (C=O) groups is 1. The number of aromatic carboxylic acids is 1. The van der Waals surface area contributed by atoms with Crippen LogP contribution in [-0.4, -0.2) is 31.5 Å². The van der Waals surface area contributed by atoms with E-state index in [9.17, 15) is 14.7 Å². The number of nitrogens with zero attached hydrogens (tertiary/aromatic N) is 3. The molecule has 0 saturated heterocycles. The van der Waals surface area contributed by atoms with Crippen molar-refractivity contribution in [3.05, 3.63) is 75.7 Å². The first-order chi connectivity index (χ1) is 16.8. The predicted octanol–water partition coefficient (Wildman–Crippen LogP) is 4.47. The topological polar surface area (TPSA) is 95.6 Å². The van der Waals surface area contributed by atoms with Crippen LogP contribution in [0.3, 0.4) is 0 Å². The van der Waals surface area contributed by atoms with Crippen molar-refractivity contribution < 1.29 is 23.8 Å². The highest BCUT2D eigenvalue weighted by atomic mass is 19.1. The second kappa shape index (κ2) is 10.9. The quantitative estimate of drug-likeness (QED) is 0.482. The summed E-state index contributed by atoms with van der Waals surface area (Å²) in [5, 5.41) is 13.9. The number of hydrogen-bond donors (Lipinski definition) is 1. The highest BCUT2D eigenvalue weighted by Gasteiger charge is 2.26. The third kappa shape index (κ3) is 5.62. The van der Waals surface area contributed by atoms with E-state index in [1.54, 1.807) is 0 Å². The van der Waals surface area contributed by atoms with Crippen LogP contribution in [0, 0.1) is 11.7 Å². The Labute approximate surface area is 202 Å². The molecule has 9 heteroatoms. The molecule has 1 unspecified atom stereocenters. The minimum Gasteiger partial charge on any atom is -0.489 e. The van der Waals surface area contributed by atoms with Crippen molar-refractivity contribution in [1.29, 1.82) is 0 Å². The van der Waals surface area contributed by atoms with Crippen LogP contribution >= 0.6 is 0 Å². The lowest BCUT2D eigenvalue weighted by Crippen LogP contribution is -2.27. The van der Waals surface area contributed by atoms with E-state index in [4.69, 9.17) is 9.47 Å². The molecule has 1 heterocycles. The molecule has 1 aromatic heterocycles. The predicted molar refractivity (Wildman–Crippen MR) is 127 cm³/mol. The molecule has 1 fully saturated rings. The average Bonchev–Trinajstić information content (AvgIpc) is 3.14. The fourth-order valence-corrected chi connectivity index (χ4v) is 4.46. The summed E-state index contributed by atoms with van der Waals surface area (Å²) in [4.78, 5) is 24.6. The van der Waals surface area contributed by atoms with E-state index in [0.29, 0.717) is 18.3 Å². The summed E-state index contributed by atoms with van der Waals surface area (Å²) in [5.74, 6) is -1.55.